The van der Waals surface area contributed by atoms with Crippen molar-refractivity contribution in [2.24, 2.45) is 23.7 Å². The van der Waals surface area contributed by atoms with Crippen molar-refractivity contribution in [3.05, 3.63) is 71.8 Å². The molecule has 3 heterocycles. The molecular formula is C28H28N4O6. The summed E-state index contributed by atoms with van der Waals surface area (Å²) in [7, 11) is 0. The number of fused-ring (bicyclic) bond motifs is 6. The Kier molecular flexibility index (Phi) is 5.31. The van der Waals surface area contributed by atoms with E-state index in [1.165, 1.54) is 0 Å². The lowest BCUT2D eigenvalue weighted by Crippen LogP contribution is -2.65. The first-order valence-electron chi connectivity index (χ1n) is 13.1. The largest absolute Gasteiger partial charge is 0.445 e. The number of hydrogen-bond acceptors (Lipinski definition) is 6. The van der Waals surface area contributed by atoms with Crippen LogP contribution in [0.1, 0.15) is 11.1 Å². The molecule has 3 saturated heterocycles. The van der Waals surface area contributed by atoms with E-state index >= 15 is 0 Å². The fourth-order valence-electron chi connectivity index (χ4n) is 6.83. The molecule has 5 aliphatic rings. The molecule has 0 bridgehead atoms. The minimum absolute atomic E-state index is 0.0501. The van der Waals surface area contributed by atoms with Gasteiger partial charge in [0.15, 0.2) is 0 Å². The molecule has 2 aromatic carbocycles. The molecule has 5 fully saturated rings. The Bertz CT molecular complexity index is 1190. The highest BCUT2D eigenvalue weighted by atomic mass is 16.6. The highest BCUT2D eigenvalue weighted by Gasteiger charge is 2.74. The molecule has 2 aliphatic carbocycles. The molecule has 2 N–H and O–H groups in total. The van der Waals surface area contributed by atoms with Crippen LogP contribution in [-0.4, -0.2) is 71.1 Å². The van der Waals surface area contributed by atoms with Gasteiger partial charge in [-0.15, -0.1) is 0 Å². The molecular weight excluding hydrogens is 488 g/mol. The van der Waals surface area contributed by atoms with Gasteiger partial charge >= 0.3 is 12.2 Å². The third kappa shape index (κ3) is 3.77. The number of alkyl carbamates (subject to hydrolysis) is 2. The lowest BCUT2D eigenvalue weighted by molar-refractivity contribution is -0.160. The van der Waals surface area contributed by atoms with Gasteiger partial charge in [0.25, 0.3) is 0 Å². The van der Waals surface area contributed by atoms with Crippen LogP contribution in [0.15, 0.2) is 60.7 Å². The van der Waals surface area contributed by atoms with Crippen molar-refractivity contribution in [1.29, 1.82) is 0 Å². The Hall–Kier alpha value is -4.08. The first-order valence-corrected chi connectivity index (χ1v) is 13.1. The average molecular weight is 517 g/mol. The highest BCUT2D eigenvalue weighted by Crippen LogP contribution is 2.57. The molecule has 10 nitrogen and oxygen atoms in total. The fourth-order valence-corrected chi connectivity index (χ4v) is 6.83. The van der Waals surface area contributed by atoms with E-state index in [-0.39, 0.29) is 60.8 Å². The van der Waals surface area contributed by atoms with E-state index in [1.807, 2.05) is 60.7 Å². The summed E-state index contributed by atoms with van der Waals surface area (Å²) in [6.45, 7) is 1.24. The average Bonchev–Trinajstić information content (AvgIpc) is 3.63. The van der Waals surface area contributed by atoms with Crippen LogP contribution in [0, 0.1) is 23.7 Å². The SMILES string of the molecule is O=C(N[C@@H]1[C@H]2CN3C(=O)[C@@H]4[C@@H]5[C@H](CN4C(=O)[C@@H]3[C@H]21)[C@H]5NC(=O)OCc1ccccc1)OCc1ccccc1. The number of carbonyl (C=O) groups is 4. The molecule has 0 spiro atoms. The number of carbonyl (C=O) groups excluding carboxylic acids is 4. The van der Waals surface area contributed by atoms with Gasteiger partial charge in [-0.05, 0) is 11.1 Å². The number of piperidine rings is 2. The van der Waals surface area contributed by atoms with Crippen molar-refractivity contribution in [1.82, 2.24) is 20.4 Å². The molecule has 2 aromatic rings. The van der Waals surface area contributed by atoms with Crippen LogP contribution in [0.25, 0.3) is 0 Å². The van der Waals surface area contributed by atoms with Gasteiger partial charge in [0.05, 0.1) is 0 Å². The van der Waals surface area contributed by atoms with Gasteiger partial charge in [0.2, 0.25) is 11.8 Å². The first kappa shape index (κ1) is 23.1. The zero-order chi connectivity index (χ0) is 26.0. The summed E-state index contributed by atoms with van der Waals surface area (Å²) in [6.07, 6.45) is -1.02. The Labute approximate surface area is 219 Å². The number of nitrogens with one attached hydrogen (secondary N) is 2. The summed E-state index contributed by atoms with van der Waals surface area (Å²) in [5, 5.41) is 5.79. The minimum atomic E-state index is -0.539. The van der Waals surface area contributed by atoms with Gasteiger partial charge in [-0.2, -0.15) is 0 Å². The maximum absolute atomic E-state index is 13.4. The van der Waals surface area contributed by atoms with Crippen molar-refractivity contribution in [2.75, 3.05) is 13.1 Å². The summed E-state index contributed by atoms with van der Waals surface area (Å²) in [5.41, 5.74) is 1.79. The van der Waals surface area contributed by atoms with Crippen LogP contribution in [-0.2, 0) is 32.3 Å². The molecule has 0 aromatic heterocycles. The lowest BCUT2D eigenvalue weighted by Gasteiger charge is -2.42. The number of rotatable bonds is 6. The summed E-state index contributed by atoms with van der Waals surface area (Å²) >= 11 is 0. The predicted molar refractivity (Wildman–Crippen MR) is 132 cm³/mol. The highest BCUT2D eigenvalue weighted by molar-refractivity contribution is 6.00. The zero-order valence-electron chi connectivity index (χ0n) is 20.6. The maximum atomic E-state index is 13.4. The van der Waals surface area contributed by atoms with Crippen molar-refractivity contribution < 1.29 is 28.7 Å². The van der Waals surface area contributed by atoms with Crippen molar-refractivity contribution in [3.63, 3.8) is 0 Å². The molecule has 4 amide bonds. The molecule has 3 aliphatic heterocycles. The molecule has 0 unspecified atom stereocenters. The number of ether oxygens (including phenoxy) is 2. The molecule has 0 radical (unpaired) electrons. The molecule has 8 atom stereocenters. The quantitative estimate of drug-likeness (QED) is 0.601. The van der Waals surface area contributed by atoms with E-state index in [2.05, 4.69) is 10.6 Å². The van der Waals surface area contributed by atoms with Gasteiger partial charge in [0.1, 0.15) is 25.3 Å². The molecule has 7 rings (SSSR count). The standard InChI is InChI=1S/C28H28N4O6/c33-25-23-19-17(21(19)29-27(35)37-13-15-7-3-1-4-8-15)11-31(23)26(34)24-20-18(12-32(24)25)22(20)30-28(36)38-14-16-9-5-2-6-10-16/h1-10,17-24H,11-14H2,(H,29,35)(H,30,36)/t17-,18-,19+,20+,21+,22+,23-,24-/m0/s1. The van der Waals surface area contributed by atoms with Gasteiger partial charge in [-0.25, -0.2) is 9.59 Å². The van der Waals surface area contributed by atoms with Crippen molar-refractivity contribution >= 4 is 24.0 Å². The molecule has 10 heteroatoms. The molecule has 38 heavy (non-hydrogen) atoms. The zero-order valence-corrected chi connectivity index (χ0v) is 20.6. The number of amides is 4. The van der Waals surface area contributed by atoms with Crippen molar-refractivity contribution in [2.45, 2.75) is 37.4 Å². The van der Waals surface area contributed by atoms with E-state index in [1.54, 1.807) is 9.80 Å². The van der Waals surface area contributed by atoms with Gasteiger partial charge in [-0.3, -0.25) is 9.59 Å². The monoisotopic (exact) mass is 516 g/mol. The Morgan fingerprint density at radius 3 is 1.47 bits per heavy atom. The predicted octanol–water partition coefficient (Wildman–Crippen LogP) is 1.50. The van der Waals surface area contributed by atoms with E-state index in [9.17, 15) is 19.2 Å². The van der Waals surface area contributed by atoms with E-state index < -0.39 is 24.3 Å². The second-order valence-electron chi connectivity index (χ2n) is 10.8. The van der Waals surface area contributed by atoms with Crippen LogP contribution in [0.2, 0.25) is 0 Å². The van der Waals surface area contributed by atoms with Crippen LogP contribution in [0.4, 0.5) is 9.59 Å². The Morgan fingerprint density at radius 2 is 1.08 bits per heavy atom. The fraction of sp³-hybridized carbons (Fsp3) is 0.429. The van der Waals surface area contributed by atoms with Crippen LogP contribution in [0.3, 0.4) is 0 Å². The molecule has 196 valence electrons. The number of piperazine rings is 1. The van der Waals surface area contributed by atoms with Crippen molar-refractivity contribution in [3.8, 4) is 0 Å². The molecule has 2 saturated carbocycles. The smallest absolute Gasteiger partial charge is 0.407 e. The van der Waals surface area contributed by atoms with E-state index in [4.69, 9.17) is 9.47 Å². The number of hydrogen-bond donors (Lipinski definition) is 2. The third-order valence-corrected chi connectivity index (χ3v) is 8.74. The van der Waals surface area contributed by atoms with Gasteiger partial charge < -0.3 is 29.9 Å². The minimum Gasteiger partial charge on any atom is -0.445 e. The Morgan fingerprint density at radius 1 is 0.684 bits per heavy atom. The number of nitrogens with zero attached hydrogens (tertiary/aromatic N) is 2. The van der Waals surface area contributed by atoms with Gasteiger partial charge in [0, 0.05) is 48.8 Å². The topological polar surface area (TPSA) is 117 Å². The Balaban J connectivity index is 0.926. The third-order valence-electron chi connectivity index (χ3n) is 8.74. The lowest BCUT2D eigenvalue weighted by atomic mass is 10.0. The first-order chi connectivity index (χ1) is 18.5. The summed E-state index contributed by atoms with van der Waals surface area (Å²) < 4.78 is 10.7. The maximum Gasteiger partial charge on any atom is 0.407 e. The second kappa shape index (κ2) is 8.75. The van der Waals surface area contributed by atoms with E-state index in [0.29, 0.717) is 13.1 Å². The van der Waals surface area contributed by atoms with Crippen LogP contribution < -0.4 is 10.6 Å². The van der Waals surface area contributed by atoms with E-state index in [0.717, 1.165) is 11.1 Å². The van der Waals surface area contributed by atoms with Gasteiger partial charge in [-0.1, -0.05) is 60.7 Å². The second-order valence-corrected chi connectivity index (χ2v) is 10.8. The summed E-state index contributed by atoms with van der Waals surface area (Å²) in [5.74, 6) is -0.183. The normalized spacial score (nSPS) is 33.5. The van der Waals surface area contributed by atoms with Crippen LogP contribution >= 0.6 is 0 Å². The summed E-state index contributed by atoms with van der Waals surface area (Å²) in [4.78, 5) is 54.9. The summed E-state index contributed by atoms with van der Waals surface area (Å²) in [6, 6.07) is 17.4. The number of benzene rings is 2. The van der Waals surface area contributed by atoms with Crippen LogP contribution in [0.5, 0.6) is 0 Å².